The first-order valence-electron chi connectivity index (χ1n) is 6.19. The Hall–Kier alpha value is -2.11. The van der Waals surface area contributed by atoms with Crippen molar-refractivity contribution in [1.82, 2.24) is 4.31 Å². The summed E-state index contributed by atoms with van der Waals surface area (Å²) in [5.41, 5.74) is 1.04. The zero-order valence-electron chi connectivity index (χ0n) is 11.3. The van der Waals surface area contributed by atoms with Crippen LogP contribution in [0.5, 0.6) is 0 Å². The fraction of sp³-hybridized carbons (Fsp3) is 0.333. The fourth-order valence-corrected chi connectivity index (χ4v) is 2.63. The number of carbonyl (C=O) groups excluding carboxylic acids is 1. The van der Waals surface area contributed by atoms with Gasteiger partial charge in [-0.05, 0) is 25.5 Å². The van der Waals surface area contributed by atoms with Crippen molar-refractivity contribution in [2.24, 2.45) is 0 Å². The van der Waals surface area contributed by atoms with Crippen LogP contribution < -0.4 is 0 Å². The van der Waals surface area contributed by atoms with E-state index in [1.54, 1.807) is 12.1 Å². The van der Waals surface area contributed by atoms with Crippen LogP contribution in [0.1, 0.15) is 24.8 Å². The highest BCUT2D eigenvalue weighted by molar-refractivity contribution is 7.83. The Morgan fingerprint density at radius 1 is 1.40 bits per heavy atom. The normalized spacial score (nSPS) is 11.2. The van der Waals surface area contributed by atoms with Crippen LogP contribution in [0.15, 0.2) is 29.2 Å². The summed E-state index contributed by atoms with van der Waals surface area (Å²) in [4.78, 5) is 12.5. The molecule has 1 atom stereocenters. The van der Waals surface area contributed by atoms with Crippen LogP contribution in [0, 0.1) is 30.6 Å². The number of aryl methyl sites for hydroxylation is 1. The minimum atomic E-state index is -1.66. The third kappa shape index (κ3) is 4.53. The predicted molar refractivity (Wildman–Crippen MR) is 77.6 cm³/mol. The third-order valence-electron chi connectivity index (χ3n) is 2.63. The van der Waals surface area contributed by atoms with Crippen molar-refractivity contribution in [1.29, 1.82) is 5.26 Å². The summed E-state index contributed by atoms with van der Waals surface area (Å²) in [6.45, 7) is 1.72. The molecule has 1 unspecified atom stereocenters. The van der Waals surface area contributed by atoms with E-state index in [1.165, 1.54) is 0 Å². The molecule has 104 valence electrons. The van der Waals surface area contributed by atoms with Crippen molar-refractivity contribution in [3.05, 3.63) is 29.8 Å². The highest BCUT2D eigenvalue weighted by Crippen LogP contribution is 2.14. The number of unbranched alkanes of at least 4 members (excludes halogenated alkanes) is 1. The highest BCUT2D eigenvalue weighted by atomic mass is 32.2. The quantitative estimate of drug-likeness (QED) is 0.458. The van der Waals surface area contributed by atoms with Gasteiger partial charge in [-0.2, -0.15) is 5.26 Å². The topological polar surface area (TPSA) is 61.2 Å². The van der Waals surface area contributed by atoms with Gasteiger partial charge < -0.3 is 0 Å². The molecular weight excluding hydrogens is 272 g/mol. The summed E-state index contributed by atoms with van der Waals surface area (Å²) in [5, 5.41) is 8.79. The van der Waals surface area contributed by atoms with Gasteiger partial charge in [-0.15, -0.1) is 12.3 Å². The molecule has 20 heavy (non-hydrogen) atoms. The minimum Gasteiger partial charge on any atom is -0.274 e. The Bertz CT molecular complexity index is 567. The second-order valence-electron chi connectivity index (χ2n) is 4.21. The molecule has 0 aliphatic carbocycles. The zero-order valence-corrected chi connectivity index (χ0v) is 12.2. The van der Waals surface area contributed by atoms with E-state index in [1.807, 2.05) is 25.1 Å². The summed E-state index contributed by atoms with van der Waals surface area (Å²) in [6.07, 6.45) is 6.34. The second kappa shape index (κ2) is 8.14. The molecule has 0 bridgehead atoms. The molecular formula is C15H16N2O2S. The van der Waals surface area contributed by atoms with Gasteiger partial charge in [0.1, 0.15) is 6.54 Å². The van der Waals surface area contributed by atoms with Gasteiger partial charge in [-0.3, -0.25) is 4.79 Å². The smallest absolute Gasteiger partial charge is 0.235 e. The van der Waals surface area contributed by atoms with E-state index >= 15 is 0 Å². The molecule has 4 nitrogen and oxygen atoms in total. The molecule has 0 aromatic heterocycles. The summed E-state index contributed by atoms with van der Waals surface area (Å²) in [6, 6.07) is 8.91. The lowest BCUT2D eigenvalue weighted by atomic mass is 10.2. The molecule has 0 aliphatic rings. The number of hydrogen-bond donors (Lipinski definition) is 0. The maximum Gasteiger partial charge on any atom is 0.235 e. The number of nitrogens with zero attached hydrogens (tertiary/aromatic N) is 2. The Balaban J connectivity index is 2.82. The second-order valence-corrected chi connectivity index (χ2v) is 5.62. The van der Waals surface area contributed by atoms with Crippen molar-refractivity contribution in [3.63, 3.8) is 0 Å². The molecule has 0 aliphatic heterocycles. The maximum absolute atomic E-state index is 12.3. The molecule has 0 saturated carbocycles. The van der Waals surface area contributed by atoms with E-state index in [0.717, 1.165) is 9.87 Å². The average molecular weight is 288 g/mol. The molecule has 0 heterocycles. The van der Waals surface area contributed by atoms with Crippen molar-refractivity contribution < 1.29 is 9.00 Å². The van der Waals surface area contributed by atoms with Crippen LogP contribution in [0.2, 0.25) is 0 Å². The van der Waals surface area contributed by atoms with Crippen molar-refractivity contribution in [2.45, 2.75) is 31.1 Å². The van der Waals surface area contributed by atoms with Gasteiger partial charge in [-0.25, -0.2) is 8.51 Å². The SMILES string of the molecule is C#CCCCC(=O)N(CC#N)S(=O)c1ccc(C)cc1. The summed E-state index contributed by atoms with van der Waals surface area (Å²) >= 11 is 0. The molecule has 5 heteroatoms. The first-order valence-corrected chi connectivity index (χ1v) is 7.30. The van der Waals surface area contributed by atoms with Gasteiger partial charge in [-0.1, -0.05) is 17.7 Å². The third-order valence-corrected chi connectivity index (χ3v) is 4.04. The summed E-state index contributed by atoms with van der Waals surface area (Å²) in [5.74, 6) is 2.13. The molecule has 1 aromatic rings. The molecule has 0 saturated heterocycles. The standard InChI is InChI=1S/C15H16N2O2S/c1-3-4-5-6-15(18)17(12-11-16)20(19)14-9-7-13(2)8-10-14/h1,7-10H,4-6,12H2,2H3. The van der Waals surface area contributed by atoms with Crippen molar-refractivity contribution in [3.8, 4) is 18.4 Å². The van der Waals surface area contributed by atoms with Gasteiger partial charge in [0.15, 0.2) is 11.0 Å². The fourth-order valence-electron chi connectivity index (χ4n) is 1.55. The number of carbonyl (C=O) groups is 1. The number of amides is 1. The van der Waals surface area contributed by atoms with E-state index in [-0.39, 0.29) is 18.9 Å². The summed E-state index contributed by atoms with van der Waals surface area (Å²) < 4.78 is 13.4. The molecule has 1 rings (SSSR count). The Morgan fingerprint density at radius 3 is 2.60 bits per heavy atom. The minimum absolute atomic E-state index is 0.198. The van der Waals surface area contributed by atoms with Crippen LogP contribution in [0.4, 0.5) is 0 Å². The predicted octanol–water partition coefficient (Wildman–Crippen LogP) is 2.17. The van der Waals surface area contributed by atoms with E-state index in [9.17, 15) is 9.00 Å². The van der Waals surface area contributed by atoms with Gasteiger partial charge in [0.25, 0.3) is 0 Å². The Kier molecular flexibility index (Phi) is 6.49. The van der Waals surface area contributed by atoms with Crippen molar-refractivity contribution >= 4 is 16.9 Å². The first-order chi connectivity index (χ1) is 9.60. The van der Waals surface area contributed by atoms with E-state index in [2.05, 4.69) is 5.92 Å². The van der Waals surface area contributed by atoms with E-state index < -0.39 is 11.0 Å². The number of hydrogen-bond acceptors (Lipinski definition) is 3. The Labute approximate surface area is 122 Å². The van der Waals surface area contributed by atoms with Crippen LogP contribution in [-0.4, -0.2) is 21.0 Å². The van der Waals surface area contributed by atoms with E-state index in [0.29, 0.717) is 17.7 Å². The lowest BCUT2D eigenvalue weighted by Crippen LogP contribution is -2.33. The molecule has 1 aromatic carbocycles. The van der Waals surface area contributed by atoms with Crippen molar-refractivity contribution in [2.75, 3.05) is 6.54 Å². The van der Waals surface area contributed by atoms with E-state index in [4.69, 9.17) is 11.7 Å². The first kappa shape index (κ1) is 15.9. The molecule has 0 radical (unpaired) electrons. The number of terminal acetylenes is 1. The van der Waals surface area contributed by atoms with Crippen LogP contribution in [0.3, 0.4) is 0 Å². The number of nitriles is 1. The maximum atomic E-state index is 12.3. The monoisotopic (exact) mass is 288 g/mol. The largest absolute Gasteiger partial charge is 0.274 e. The number of rotatable bonds is 6. The summed E-state index contributed by atoms with van der Waals surface area (Å²) in [7, 11) is -1.66. The van der Waals surface area contributed by atoms with Gasteiger partial charge in [0, 0.05) is 12.8 Å². The lowest BCUT2D eigenvalue weighted by Gasteiger charge is -2.18. The van der Waals surface area contributed by atoms with Crippen LogP contribution in [-0.2, 0) is 15.8 Å². The molecule has 0 spiro atoms. The van der Waals surface area contributed by atoms with Crippen LogP contribution >= 0.6 is 0 Å². The van der Waals surface area contributed by atoms with Gasteiger partial charge in [0.2, 0.25) is 5.91 Å². The highest BCUT2D eigenvalue weighted by Gasteiger charge is 2.20. The van der Waals surface area contributed by atoms with Gasteiger partial charge >= 0.3 is 0 Å². The number of benzene rings is 1. The molecule has 1 amide bonds. The molecule has 0 fully saturated rings. The Morgan fingerprint density at radius 2 is 2.05 bits per heavy atom. The zero-order chi connectivity index (χ0) is 15.0. The average Bonchev–Trinajstić information content (AvgIpc) is 2.45. The lowest BCUT2D eigenvalue weighted by molar-refractivity contribution is -0.126. The molecule has 0 N–H and O–H groups in total. The van der Waals surface area contributed by atoms with Crippen LogP contribution in [0.25, 0.3) is 0 Å². The van der Waals surface area contributed by atoms with Gasteiger partial charge in [0.05, 0.1) is 11.0 Å².